The van der Waals surface area contributed by atoms with Crippen LogP contribution in [0.2, 0.25) is 0 Å². The molecule has 4 rings (SSSR count). The molecule has 8 heteroatoms. The van der Waals surface area contributed by atoms with E-state index >= 15 is 0 Å². The molecular weight excluding hydrogens is 394 g/mol. The molecule has 1 unspecified atom stereocenters. The smallest absolute Gasteiger partial charge is 0.250 e. The summed E-state index contributed by atoms with van der Waals surface area (Å²) < 4.78 is 1.82. The van der Waals surface area contributed by atoms with Crippen molar-refractivity contribution in [3.63, 3.8) is 0 Å². The van der Waals surface area contributed by atoms with Crippen molar-refractivity contribution in [2.24, 2.45) is 11.1 Å². The topological polar surface area (TPSA) is 113 Å². The fourth-order valence-corrected chi connectivity index (χ4v) is 4.78. The molecule has 4 N–H and O–H groups in total. The van der Waals surface area contributed by atoms with Crippen LogP contribution in [-0.2, 0) is 6.42 Å². The third-order valence-corrected chi connectivity index (χ3v) is 6.28. The Morgan fingerprint density at radius 2 is 2.13 bits per heavy atom. The number of nitrogens with one attached hydrogen (secondary N) is 1. The zero-order chi connectivity index (χ0) is 22.3. The summed E-state index contributed by atoms with van der Waals surface area (Å²) in [7, 11) is 0. The Kier molecular flexibility index (Phi) is 5.61. The number of aryl methyl sites for hydroxylation is 1. The number of carbonyl (C=O) groups excluding carboxylic acids is 2. The van der Waals surface area contributed by atoms with Crippen LogP contribution in [0, 0.1) is 12.3 Å². The predicted molar refractivity (Wildman–Crippen MR) is 119 cm³/mol. The number of ketones is 1. The second-order valence-corrected chi connectivity index (χ2v) is 9.44. The quantitative estimate of drug-likeness (QED) is 0.654. The molecular formula is C23H31N5O3. The maximum atomic E-state index is 12.7. The number of likely N-dealkylation sites (tertiary alicyclic amines) is 1. The van der Waals surface area contributed by atoms with Crippen molar-refractivity contribution >= 4 is 17.4 Å². The number of benzene rings is 1. The van der Waals surface area contributed by atoms with Crippen molar-refractivity contribution in [1.82, 2.24) is 14.7 Å². The number of amides is 1. The highest BCUT2D eigenvalue weighted by atomic mass is 16.3. The summed E-state index contributed by atoms with van der Waals surface area (Å²) in [5.74, 6) is -0.378. The Morgan fingerprint density at radius 1 is 1.35 bits per heavy atom. The first kappa shape index (κ1) is 21.5. The lowest BCUT2D eigenvalue weighted by molar-refractivity contribution is 0.0412. The number of hydrogen-bond donors (Lipinski definition) is 3. The zero-order valence-corrected chi connectivity index (χ0v) is 18.4. The summed E-state index contributed by atoms with van der Waals surface area (Å²) in [4.78, 5) is 26.7. The largest absolute Gasteiger partial charge is 0.383 e. The maximum Gasteiger partial charge on any atom is 0.250 e. The summed E-state index contributed by atoms with van der Waals surface area (Å²) in [5, 5.41) is 17.9. The number of Topliss-reactive ketones (excluding diaryl/α,β-unsaturated/α-hetero) is 1. The zero-order valence-electron chi connectivity index (χ0n) is 18.4. The van der Waals surface area contributed by atoms with Crippen molar-refractivity contribution in [2.75, 3.05) is 25.0 Å². The number of primary amides is 1. The van der Waals surface area contributed by atoms with Gasteiger partial charge in [0.1, 0.15) is 6.23 Å². The molecule has 1 amide bonds. The first-order valence-corrected chi connectivity index (χ1v) is 10.9. The number of hydrogen-bond acceptors (Lipinski definition) is 6. The van der Waals surface area contributed by atoms with E-state index in [0.29, 0.717) is 30.8 Å². The SMILES string of the molecule is Cc1nn(-c2ccc(C(N)=O)c(NCCN3CCCC3O)c2)c2c1C(=O)CC(C)(C)C2. The Morgan fingerprint density at radius 3 is 2.81 bits per heavy atom. The number of fused-ring (bicyclic) bond motifs is 1. The van der Waals surface area contributed by atoms with E-state index < -0.39 is 12.1 Å². The van der Waals surface area contributed by atoms with Crippen LogP contribution in [0.3, 0.4) is 0 Å². The van der Waals surface area contributed by atoms with E-state index in [-0.39, 0.29) is 11.2 Å². The summed E-state index contributed by atoms with van der Waals surface area (Å²) in [5.41, 5.74) is 9.64. The summed E-state index contributed by atoms with van der Waals surface area (Å²) >= 11 is 0. The number of rotatable bonds is 6. The number of aliphatic hydroxyl groups excluding tert-OH is 1. The minimum absolute atomic E-state index is 0.126. The molecule has 0 bridgehead atoms. The monoisotopic (exact) mass is 425 g/mol. The van der Waals surface area contributed by atoms with Crippen molar-refractivity contribution in [3.8, 4) is 5.69 Å². The van der Waals surface area contributed by atoms with Gasteiger partial charge in [0.05, 0.1) is 28.2 Å². The lowest BCUT2D eigenvalue weighted by atomic mass is 9.75. The van der Waals surface area contributed by atoms with Gasteiger partial charge in [0.2, 0.25) is 0 Å². The van der Waals surface area contributed by atoms with Gasteiger partial charge < -0.3 is 16.2 Å². The number of nitrogens with two attached hydrogens (primary N) is 1. The average molecular weight is 426 g/mol. The Hall–Kier alpha value is -2.71. The Labute approximate surface area is 182 Å². The number of carbonyl (C=O) groups is 2. The van der Waals surface area contributed by atoms with E-state index in [1.807, 2.05) is 28.6 Å². The van der Waals surface area contributed by atoms with Crippen molar-refractivity contribution in [2.45, 2.75) is 52.7 Å². The van der Waals surface area contributed by atoms with Gasteiger partial charge in [-0.15, -0.1) is 0 Å². The van der Waals surface area contributed by atoms with Crippen LogP contribution >= 0.6 is 0 Å². The van der Waals surface area contributed by atoms with Crippen molar-refractivity contribution < 1.29 is 14.7 Å². The molecule has 0 radical (unpaired) electrons. The molecule has 8 nitrogen and oxygen atoms in total. The highest BCUT2D eigenvalue weighted by Gasteiger charge is 2.35. The molecule has 166 valence electrons. The summed E-state index contributed by atoms with van der Waals surface area (Å²) in [6.07, 6.45) is 2.65. The van der Waals surface area contributed by atoms with Crippen LogP contribution < -0.4 is 11.1 Å². The van der Waals surface area contributed by atoms with Crippen molar-refractivity contribution in [1.29, 1.82) is 0 Å². The third kappa shape index (κ3) is 4.22. The number of nitrogens with zero attached hydrogens (tertiary/aromatic N) is 3. The third-order valence-electron chi connectivity index (χ3n) is 6.28. The van der Waals surface area contributed by atoms with E-state index in [1.165, 1.54) is 0 Å². The normalized spacial score (nSPS) is 20.6. The minimum atomic E-state index is -0.509. The lowest BCUT2D eigenvalue weighted by Crippen LogP contribution is -2.33. The fourth-order valence-electron chi connectivity index (χ4n) is 4.78. The van der Waals surface area contributed by atoms with Gasteiger partial charge in [-0.1, -0.05) is 13.8 Å². The molecule has 0 spiro atoms. The van der Waals surface area contributed by atoms with Crippen molar-refractivity contribution in [3.05, 3.63) is 40.7 Å². The molecule has 1 fully saturated rings. The highest BCUT2D eigenvalue weighted by Crippen LogP contribution is 2.37. The fraction of sp³-hybridized carbons (Fsp3) is 0.522. The molecule has 1 aromatic heterocycles. The molecule has 1 saturated heterocycles. The van der Waals surface area contributed by atoms with E-state index in [9.17, 15) is 14.7 Å². The average Bonchev–Trinajstić information content (AvgIpc) is 3.23. The molecule has 31 heavy (non-hydrogen) atoms. The molecule has 2 aromatic rings. The van der Waals surface area contributed by atoms with Gasteiger partial charge in [-0.2, -0.15) is 5.10 Å². The first-order chi connectivity index (χ1) is 14.7. The van der Waals surface area contributed by atoms with Gasteiger partial charge in [-0.3, -0.25) is 14.5 Å². The Bertz CT molecular complexity index is 1030. The predicted octanol–water partition coefficient (Wildman–Crippen LogP) is 2.26. The number of anilines is 1. The van der Waals surface area contributed by atoms with E-state index in [0.717, 1.165) is 48.4 Å². The molecule has 1 aliphatic carbocycles. The molecule has 2 heterocycles. The van der Waals surface area contributed by atoms with Gasteiger partial charge in [0.15, 0.2) is 5.78 Å². The lowest BCUT2D eigenvalue weighted by Gasteiger charge is -2.29. The second-order valence-electron chi connectivity index (χ2n) is 9.44. The second kappa shape index (κ2) is 8.09. The van der Waals surface area contributed by atoms with Gasteiger partial charge >= 0.3 is 0 Å². The van der Waals surface area contributed by atoms with Crippen LogP contribution in [0.15, 0.2) is 18.2 Å². The van der Waals surface area contributed by atoms with Crippen LogP contribution in [-0.4, -0.2) is 57.3 Å². The van der Waals surface area contributed by atoms with Crippen LogP contribution in [0.1, 0.15) is 65.2 Å². The van der Waals surface area contributed by atoms with Crippen LogP contribution in [0.5, 0.6) is 0 Å². The van der Waals surface area contributed by atoms with Gasteiger partial charge in [-0.05, 0) is 49.8 Å². The van der Waals surface area contributed by atoms with Gasteiger partial charge in [0, 0.05) is 31.7 Å². The number of aromatic nitrogens is 2. The van der Waals surface area contributed by atoms with Gasteiger partial charge in [0.25, 0.3) is 5.91 Å². The van der Waals surface area contributed by atoms with Crippen LogP contribution in [0.25, 0.3) is 5.69 Å². The molecule has 1 aliphatic heterocycles. The first-order valence-electron chi connectivity index (χ1n) is 10.9. The highest BCUT2D eigenvalue weighted by molar-refractivity contribution is 6.00. The van der Waals surface area contributed by atoms with E-state index in [1.54, 1.807) is 6.07 Å². The standard InChI is InChI=1S/C23H31N5O3/c1-14-21-18(12-23(2,3)13-19(21)29)28(26-14)15-6-7-16(22(24)31)17(11-15)25-8-10-27-9-4-5-20(27)30/h6-7,11,20,25,30H,4-5,8-10,12-13H2,1-3H3,(H2,24,31). The van der Waals surface area contributed by atoms with Crippen LogP contribution in [0.4, 0.5) is 5.69 Å². The molecule has 1 aromatic carbocycles. The maximum absolute atomic E-state index is 12.7. The summed E-state index contributed by atoms with van der Waals surface area (Å²) in [6, 6.07) is 5.37. The minimum Gasteiger partial charge on any atom is -0.383 e. The molecule has 2 aliphatic rings. The van der Waals surface area contributed by atoms with E-state index in [4.69, 9.17) is 5.73 Å². The van der Waals surface area contributed by atoms with Gasteiger partial charge in [-0.25, -0.2) is 4.68 Å². The molecule has 1 atom stereocenters. The summed E-state index contributed by atoms with van der Waals surface area (Å²) in [6.45, 7) is 8.16. The molecule has 0 saturated carbocycles. The Balaban J connectivity index is 1.64. The number of aliphatic hydroxyl groups is 1. The van der Waals surface area contributed by atoms with E-state index in [2.05, 4.69) is 24.3 Å².